The molecule has 1 aromatic heterocycles. The van der Waals surface area contributed by atoms with Gasteiger partial charge in [0.1, 0.15) is 23.7 Å². The molecule has 0 radical (unpaired) electrons. The lowest BCUT2D eigenvalue weighted by molar-refractivity contribution is -0.137. The zero-order valence-electron chi connectivity index (χ0n) is 15.5. The van der Waals surface area contributed by atoms with E-state index in [1.807, 2.05) is 18.2 Å². The number of para-hydroxylation sites is 1. The van der Waals surface area contributed by atoms with Gasteiger partial charge in [-0.05, 0) is 36.4 Å². The first-order chi connectivity index (χ1) is 13.9. The normalized spacial score (nSPS) is 11.9. The van der Waals surface area contributed by atoms with Gasteiger partial charge in [0.2, 0.25) is 5.91 Å². The number of anilines is 1. The highest BCUT2D eigenvalue weighted by Gasteiger charge is 2.31. The number of methoxy groups -OCH3 is 1. The molecule has 152 valence electrons. The van der Waals surface area contributed by atoms with Crippen molar-refractivity contribution >= 4 is 28.6 Å². The van der Waals surface area contributed by atoms with E-state index in [1.165, 1.54) is 19.3 Å². The third kappa shape index (κ3) is 5.39. The Hall–Kier alpha value is -3.26. The van der Waals surface area contributed by atoms with E-state index in [0.29, 0.717) is 11.3 Å². The maximum atomic E-state index is 13.0. The van der Waals surface area contributed by atoms with E-state index in [9.17, 15) is 18.0 Å². The van der Waals surface area contributed by atoms with E-state index >= 15 is 0 Å². The van der Waals surface area contributed by atoms with Crippen LogP contribution in [0.1, 0.15) is 11.3 Å². The number of furan rings is 1. The van der Waals surface area contributed by atoms with Crippen LogP contribution in [0, 0.1) is 0 Å². The fraction of sp³-hybridized carbons (Fsp3) is 0.190. The van der Waals surface area contributed by atoms with Gasteiger partial charge in [0.25, 0.3) is 0 Å². The van der Waals surface area contributed by atoms with Gasteiger partial charge in [-0.15, -0.1) is 0 Å². The third-order valence-corrected chi connectivity index (χ3v) is 3.95. The zero-order chi connectivity index (χ0) is 20.9. The molecule has 0 unspecified atom stereocenters. The zero-order valence-corrected chi connectivity index (χ0v) is 15.5. The Bertz CT molecular complexity index is 991. The van der Waals surface area contributed by atoms with E-state index in [-0.39, 0.29) is 24.7 Å². The van der Waals surface area contributed by atoms with Crippen LogP contribution >= 0.6 is 0 Å². The molecule has 29 heavy (non-hydrogen) atoms. The van der Waals surface area contributed by atoms with Crippen molar-refractivity contribution < 1.29 is 31.9 Å². The largest absolute Gasteiger partial charge is 0.489 e. The highest BCUT2D eigenvalue weighted by atomic mass is 19.4. The van der Waals surface area contributed by atoms with Gasteiger partial charge in [0, 0.05) is 18.6 Å². The van der Waals surface area contributed by atoms with Crippen LogP contribution in [0.25, 0.3) is 17.0 Å². The first-order valence-corrected chi connectivity index (χ1v) is 8.67. The monoisotopic (exact) mass is 405 g/mol. The number of hydrogen-bond acceptors (Lipinski definition) is 4. The molecule has 0 saturated carbocycles. The van der Waals surface area contributed by atoms with Crippen LogP contribution in [-0.2, 0) is 15.7 Å². The minimum Gasteiger partial charge on any atom is -0.489 e. The smallest absolute Gasteiger partial charge is 0.416 e. The predicted molar refractivity (Wildman–Crippen MR) is 103 cm³/mol. The Morgan fingerprint density at radius 2 is 1.93 bits per heavy atom. The quantitative estimate of drug-likeness (QED) is 0.437. The van der Waals surface area contributed by atoms with Crippen molar-refractivity contribution in [2.45, 2.75) is 6.18 Å². The first-order valence-electron chi connectivity index (χ1n) is 8.67. The molecule has 3 rings (SSSR count). The van der Waals surface area contributed by atoms with E-state index in [0.717, 1.165) is 23.6 Å². The van der Waals surface area contributed by atoms with Crippen molar-refractivity contribution in [1.29, 1.82) is 0 Å². The number of carbonyl (C=O) groups excluding carboxylic acids is 1. The molecule has 2 aromatic carbocycles. The van der Waals surface area contributed by atoms with Crippen LogP contribution in [0.15, 0.2) is 59.0 Å². The van der Waals surface area contributed by atoms with Gasteiger partial charge in [0.15, 0.2) is 0 Å². The molecule has 0 bridgehead atoms. The number of ether oxygens (including phenoxy) is 2. The molecule has 1 heterocycles. The van der Waals surface area contributed by atoms with Crippen LogP contribution in [0.3, 0.4) is 0 Å². The fourth-order valence-electron chi connectivity index (χ4n) is 2.58. The number of hydrogen-bond donors (Lipinski definition) is 1. The average molecular weight is 405 g/mol. The first kappa shape index (κ1) is 20.5. The second-order valence-electron chi connectivity index (χ2n) is 6.06. The molecule has 1 amide bonds. The number of halogens is 3. The summed E-state index contributed by atoms with van der Waals surface area (Å²) in [5.74, 6) is -0.0659. The van der Waals surface area contributed by atoms with Crippen molar-refractivity contribution in [2.24, 2.45) is 0 Å². The van der Waals surface area contributed by atoms with Crippen molar-refractivity contribution in [1.82, 2.24) is 0 Å². The summed E-state index contributed by atoms with van der Waals surface area (Å²) in [5, 5.41) is 3.30. The lowest BCUT2D eigenvalue weighted by Gasteiger charge is -2.14. The predicted octanol–water partition coefficient (Wildman–Crippen LogP) is 5.13. The molecule has 0 aliphatic heterocycles. The lowest BCUT2D eigenvalue weighted by atomic mass is 10.1. The van der Waals surface area contributed by atoms with Crippen molar-refractivity contribution in [3.8, 4) is 5.75 Å². The molecule has 0 spiro atoms. The van der Waals surface area contributed by atoms with Gasteiger partial charge in [-0.25, -0.2) is 0 Å². The second kappa shape index (κ2) is 8.83. The number of fused-ring (bicyclic) bond motifs is 1. The van der Waals surface area contributed by atoms with Crippen LogP contribution in [0.2, 0.25) is 0 Å². The van der Waals surface area contributed by atoms with E-state index in [4.69, 9.17) is 13.9 Å². The Kier molecular flexibility index (Phi) is 6.23. The summed E-state index contributed by atoms with van der Waals surface area (Å²) in [4.78, 5) is 12.2. The number of benzene rings is 2. The topological polar surface area (TPSA) is 60.7 Å². The van der Waals surface area contributed by atoms with Gasteiger partial charge in [0.05, 0.1) is 17.9 Å². The number of carbonyl (C=O) groups is 1. The second-order valence-corrected chi connectivity index (χ2v) is 6.06. The number of nitrogens with one attached hydrogen (secondary N) is 1. The van der Waals surface area contributed by atoms with Gasteiger partial charge >= 0.3 is 6.18 Å². The summed E-state index contributed by atoms with van der Waals surface area (Å²) in [5.41, 5.74) is -0.317. The number of amides is 1. The number of rotatable bonds is 7. The SMILES string of the molecule is COCCOc1ccc(C(F)(F)F)cc1NC(=O)/C=C/c1cc2ccccc2o1. The molecule has 0 fully saturated rings. The standard InChI is InChI=1S/C21H18F3NO4/c1-27-10-11-28-19-8-6-15(21(22,23)24)13-17(19)25-20(26)9-7-16-12-14-4-2-3-5-18(14)29-16/h2-9,12-13H,10-11H2,1H3,(H,25,26)/b9-7+. The molecule has 3 aromatic rings. The van der Waals surface area contributed by atoms with E-state index in [2.05, 4.69) is 5.32 Å². The molecule has 0 atom stereocenters. The van der Waals surface area contributed by atoms with Gasteiger partial charge in [-0.2, -0.15) is 13.2 Å². The molecule has 1 N–H and O–H groups in total. The molecule has 5 nitrogen and oxygen atoms in total. The Balaban J connectivity index is 1.77. The summed E-state index contributed by atoms with van der Waals surface area (Å²) in [7, 11) is 1.47. The summed E-state index contributed by atoms with van der Waals surface area (Å²) in [6.45, 7) is 0.375. The Labute approximate surface area is 164 Å². The van der Waals surface area contributed by atoms with E-state index < -0.39 is 17.6 Å². The van der Waals surface area contributed by atoms with Gasteiger partial charge < -0.3 is 19.2 Å². The van der Waals surface area contributed by atoms with Crippen molar-refractivity contribution in [3.63, 3.8) is 0 Å². The maximum absolute atomic E-state index is 13.0. The Morgan fingerprint density at radius 1 is 1.14 bits per heavy atom. The minimum atomic E-state index is -4.55. The Morgan fingerprint density at radius 3 is 2.66 bits per heavy atom. The van der Waals surface area contributed by atoms with Crippen LogP contribution in [0.5, 0.6) is 5.75 Å². The van der Waals surface area contributed by atoms with Gasteiger partial charge in [-0.1, -0.05) is 18.2 Å². The third-order valence-electron chi connectivity index (χ3n) is 3.95. The molecule has 8 heteroatoms. The minimum absolute atomic E-state index is 0.0878. The van der Waals surface area contributed by atoms with Crippen LogP contribution in [-0.4, -0.2) is 26.2 Å². The summed E-state index contributed by atoms with van der Waals surface area (Å²) >= 11 is 0. The van der Waals surface area contributed by atoms with E-state index in [1.54, 1.807) is 12.1 Å². The average Bonchev–Trinajstić information content (AvgIpc) is 3.10. The van der Waals surface area contributed by atoms with Crippen molar-refractivity contribution in [2.75, 3.05) is 25.6 Å². The number of alkyl halides is 3. The molecule has 0 aliphatic carbocycles. The molecule has 0 saturated heterocycles. The molecule has 0 aliphatic rings. The summed E-state index contributed by atoms with van der Waals surface area (Å²) in [6.07, 6.45) is -1.93. The molecular weight excluding hydrogens is 387 g/mol. The van der Waals surface area contributed by atoms with Crippen LogP contribution < -0.4 is 10.1 Å². The molecular formula is C21H18F3NO4. The summed E-state index contributed by atoms with van der Waals surface area (Å²) in [6, 6.07) is 12.0. The highest BCUT2D eigenvalue weighted by molar-refractivity contribution is 6.02. The highest BCUT2D eigenvalue weighted by Crippen LogP contribution is 2.35. The van der Waals surface area contributed by atoms with Crippen LogP contribution in [0.4, 0.5) is 18.9 Å². The lowest BCUT2D eigenvalue weighted by Crippen LogP contribution is -2.13. The van der Waals surface area contributed by atoms with Crippen molar-refractivity contribution in [3.05, 3.63) is 65.9 Å². The van der Waals surface area contributed by atoms with Gasteiger partial charge in [-0.3, -0.25) is 4.79 Å². The maximum Gasteiger partial charge on any atom is 0.416 e. The fourth-order valence-corrected chi connectivity index (χ4v) is 2.58. The summed E-state index contributed by atoms with van der Waals surface area (Å²) < 4.78 is 54.9.